The van der Waals surface area contributed by atoms with Crippen molar-refractivity contribution in [3.8, 4) is 0 Å². The first kappa shape index (κ1) is 16.4. The largest absolute Gasteiger partial charge is 0.331 e. The summed E-state index contributed by atoms with van der Waals surface area (Å²) in [5, 5.41) is 17.2. The molecule has 2 aromatic heterocycles. The van der Waals surface area contributed by atoms with Crippen LogP contribution in [0.15, 0.2) is 24.3 Å². The minimum Gasteiger partial charge on any atom is -0.331 e. The fraction of sp³-hybridized carbons (Fsp3) is 0.526. The normalized spacial score (nSPS) is 20.0. The molecule has 1 atom stereocenters. The molecule has 0 unspecified atom stereocenters. The Balaban J connectivity index is 1.40. The number of benzene rings is 1. The molecule has 0 radical (unpaired) electrons. The molecule has 2 aliphatic heterocycles. The maximum Gasteiger partial charge on any atom is 0.245 e. The molecule has 27 heavy (non-hydrogen) atoms. The number of fused-ring (bicyclic) bond motifs is 2. The van der Waals surface area contributed by atoms with Crippen molar-refractivity contribution < 1.29 is 4.79 Å². The molecule has 2 aliphatic rings. The summed E-state index contributed by atoms with van der Waals surface area (Å²) in [6.45, 7) is 1.93. The number of amides is 1. The fourth-order valence-corrected chi connectivity index (χ4v) is 4.34. The lowest BCUT2D eigenvalue weighted by molar-refractivity contribution is -0.133. The molecule has 1 aromatic carbocycles. The molecule has 1 amide bonds. The summed E-state index contributed by atoms with van der Waals surface area (Å²) >= 11 is 0. The van der Waals surface area contributed by atoms with Crippen LogP contribution in [0.2, 0.25) is 0 Å². The van der Waals surface area contributed by atoms with Crippen LogP contribution in [0.3, 0.4) is 0 Å². The summed E-state index contributed by atoms with van der Waals surface area (Å²) in [5.41, 5.74) is 1.70. The smallest absolute Gasteiger partial charge is 0.245 e. The van der Waals surface area contributed by atoms with Crippen LogP contribution in [-0.4, -0.2) is 47.1 Å². The third-order valence-electron chi connectivity index (χ3n) is 5.71. The summed E-state index contributed by atoms with van der Waals surface area (Å²) in [4.78, 5) is 15.0. The molecule has 5 rings (SSSR count). The van der Waals surface area contributed by atoms with E-state index < -0.39 is 0 Å². The van der Waals surface area contributed by atoms with E-state index in [4.69, 9.17) is 0 Å². The third kappa shape index (κ3) is 2.89. The predicted octanol–water partition coefficient (Wildman–Crippen LogP) is 2.11. The van der Waals surface area contributed by atoms with Crippen molar-refractivity contribution >= 4 is 16.9 Å². The lowest BCUT2D eigenvalue weighted by atomic mass is 10.2. The Labute approximate surface area is 157 Å². The van der Waals surface area contributed by atoms with Crippen LogP contribution in [0.4, 0.5) is 0 Å². The number of carbonyl (C=O) groups is 1. The number of aryl methyl sites for hydroxylation is 1. The van der Waals surface area contributed by atoms with E-state index in [1.165, 1.54) is 12.8 Å². The van der Waals surface area contributed by atoms with Gasteiger partial charge in [-0.3, -0.25) is 4.79 Å². The highest BCUT2D eigenvalue weighted by Crippen LogP contribution is 2.32. The molecular weight excluding hydrogens is 342 g/mol. The van der Waals surface area contributed by atoms with Gasteiger partial charge in [0.15, 0.2) is 5.82 Å². The first-order valence-electron chi connectivity index (χ1n) is 9.81. The van der Waals surface area contributed by atoms with Crippen LogP contribution in [0.1, 0.15) is 49.8 Å². The molecule has 4 heterocycles. The van der Waals surface area contributed by atoms with Crippen LogP contribution < -0.4 is 0 Å². The molecule has 0 spiro atoms. The number of aromatic nitrogens is 6. The topological polar surface area (TPSA) is 81.7 Å². The number of para-hydroxylation sites is 1. The van der Waals surface area contributed by atoms with Crippen molar-refractivity contribution in [2.24, 2.45) is 0 Å². The zero-order chi connectivity index (χ0) is 18.2. The van der Waals surface area contributed by atoms with E-state index in [9.17, 15) is 4.79 Å². The number of rotatable bonds is 3. The molecular formula is C19H23N7O. The Bertz CT molecular complexity index is 976. The average molecular weight is 365 g/mol. The molecule has 0 N–H and O–H groups in total. The number of carbonyl (C=O) groups excluding carboxylic acids is 1. The highest BCUT2D eigenvalue weighted by atomic mass is 16.2. The Morgan fingerprint density at radius 3 is 2.93 bits per heavy atom. The Hall–Kier alpha value is -2.77. The van der Waals surface area contributed by atoms with Crippen LogP contribution in [0.5, 0.6) is 0 Å². The van der Waals surface area contributed by atoms with Gasteiger partial charge in [0.2, 0.25) is 5.91 Å². The van der Waals surface area contributed by atoms with E-state index in [1.807, 2.05) is 29.2 Å². The lowest BCUT2D eigenvalue weighted by Crippen LogP contribution is -2.35. The highest BCUT2D eigenvalue weighted by Gasteiger charge is 2.34. The molecule has 3 aromatic rings. The van der Waals surface area contributed by atoms with Gasteiger partial charge in [0.1, 0.15) is 17.9 Å². The van der Waals surface area contributed by atoms with E-state index >= 15 is 0 Å². The molecule has 8 nitrogen and oxygen atoms in total. The summed E-state index contributed by atoms with van der Waals surface area (Å²) < 4.78 is 3.95. The van der Waals surface area contributed by atoms with E-state index in [2.05, 4.69) is 25.1 Å². The van der Waals surface area contributed by atoms with Crippen LogP contribution in [0.25, 0.3) is 11.0 Å². The van der Waals surface area contributed by atoms with E-state index in [1.54, 1.807) is 4.68 Å². The second-order valence-electron chi connectivity index (χ2n) is 7.42. The van der Waals surface area contributed by atoms with E-state index in [0.29, 0.717) is 0 Å². The van der Waals surface area contributed by atoms with E-state index in [0.717, 1.165) is 61.5 Å². The highest BCUT2D eigenvalue weighted by molar-refractivity contribution is 5.80. The van der Waals surface area contributed by atoms with Gasteiger partial charge in [0, 0.05) is 19.5 Å². The number of nitrogens with zero attached hydrogens (tertiary/aromatic N) is 7. The monoisotopic (exact) mass is 365 g/mol. The quantitative estimate of drug-likeness (QED) is 0.710. The lowest BCUT2D eigenvalue weighted by Gasteiger charge is -2.24. The standard InChI is InChI=1S/C19H23N7O/c27-18(13-26-15-8-4-3-7-14(15)20-23-26)24-12-6-9-16(24)19-22-21-17-10-2-1-5-11-25(17)19/h3-4,7-8,16H,1-2,5-6,9-13H2/t16-/m0/s1. The van der Waals surface area contributed by atoms with Crippen molar-refractivity contribution in [1.82, 2.24) is 34.7 Å². The average Bonchev–Trinajstić information content (AvgIpc) is 3.37. The zero-order valence-electron chi connectivity index (χ0n) is 15.3. The van der Waals surface area contributed by atoms with Gasteiger partial charge >= 0.3 is 0 Å². The molecule has 140 valence electrons. The first-order chi connectivity index (χ1) is 13.3. The third-order valence-corrected chi connectivity index (χ3v) is 5.71. The van der Waals surface area contributed by atoms with Crippen molar-refractivity contribution in [3.63, 3.8) is 0 Å². The summed E-state index contributed by atoms with van der Waals surface area (Å²) in [6.07, 6.45) is 6.49. The minimum atomic E-state index is 0.0200. The molecule has 1 fully saturated rings. The van der Waals surface area contributed by atoms with Crippen LogP contribution >= 0.6 is 0 Å². The van der Waals surface area contributed by atoms with Crippen LogP contribution in [0, 0.1) is 0 Å². The van der Waals surface area contributed by atoms with Crippen molar-refractivity contribution in [2.75, 3.05) is 6.54 Å². The van der Waals surface area contributed by atoms with E-state index in [-0.39, 0.29) is 18.5 Å². The minimum absolute atomic E-state index is 0.0200. The number of hydrogen-bond donors (Lipinski definition) is 0. The number of hydrogen-bond acceptors (Lipinski definition) is 5. The second-order valence-corrected chi connectivity index (χ2v) is 7.42. The van der Waals surface area contributed by atoms with Gasteiger partial charge in [-0.1, -0.05) is 23.8 Å². The first-order valence-corrected chi connectivity index (χ1v) is 9.81. The summed E-state index contributed by atoms with van der Waals surface area (Å²) in [7, 11) is 0. The summed E-state index contributed by atoms with van der Waals surface area (Å²) in [6, 6.07) is 7.75. The van der Waals surface area contributed by atoms with Crippen molar-refractivity contribution in [1.29, 1.82) is 0 Å². The zero-order valence-corrected chi connectivity index (χ0v) is 15.3. The van der Waals surface area contributed by atoms with Gasteiger partial charge in [-0.15, -0.1) is 15.3 Å². The van der Waals surface area contributed by atoms with Gasteiger partial charge < -0.3 is 9.47 Å². The van der Waals surface area contributed by atoms with Crippen LogP contribution in [-0.2, 0) is 24.3 Å². The van der Waals surface area contributed by atoms with Gasteiger partial charge in [-0.2, -0.15) is 0 Å². The second kappa shape index (κ2) is 6.75. The maximum absolute atomic E-state index is 13.1. The van der Waals surface area contributed by atoms with Gasteiger partial charge in [0.05, 0.1) is 11.6 Å². The predicted molar refractivity (Wildman–Crippen MR) is 98.8 cm³/mol. The molecule has 1 saturated heterocycles. The Morgan fingerprint density at radius 1 is 1.04 bits per heavy atom. The maximum atomic E-state index is 13.1. The van der Waals surface area contributed by atoms with Gasteiger partial charge in [0.25, 0.3) is 0 Å². The molecule has 0 aliphatic carbocycles. The van der Waals surface area contributed by atoms with Gasteiger partial charge in [-0.25, -0.2) is 4.68 Å². The SMILES string of the molecule is O=C(Cn1nnc2ccccc21)N1CCC[C@H]1c1nnc2n1CCCCC2. The van der Waals surface area contributed by atoms with Gasteiger partial charge in [-0.05, 0) is 37.8 Å². The molecule has 0 saturated carbocycles. The summed E-state index contributed by atoms with van der Waals surface area (Å²) in [5.74, 6) is 2.10. The molecule has 0 bridgehead atoms. The Morgan fingerprint density at radius 2 is 1.96 bits per heavy atom. The number of likely N-dealkylation sites (tertiary alicyclic amines) is 1. The van der Waals surface area contributed by atoms with Crippen molar-refractivity contribution in [2.45, 2.75) is 57.7 Å². The molecule has 8 heteroatoms. The van der Waals surface area contributed by atoms with Crippen molar-refractivity contribution in [3.05, 3.63) is 35.9 Å². The fourth-order valence-electron chi connectivity index (χ4n) is 4.34. The Kier molecular flexibility index (Phi) is 4.10.